The average Bonchev–Trinajstić information content (AvgIpc) is 2.31. The van der Waals surface area contributed by atoms with Gasteiger partial charge in [0.2, 0.25) is 5.91 Å². The summed E-state index contributed by atoms with van der Waals surface area (Å²) in [5.74, 6) is -1.57. The fourth-order valence-corrected chi connectivity index (χ4v) is 1.54. The number of carboxylic acids is 1. The summed E-state index contributed by atoms with van der Waals surface area (Å²) in [5, 5.41) is 11.8. The van der Waals surface area contributed by atoms with Crippen molar-refractivity contribution in [2.45, 2.75) is 39.8 Å². The summed E-state index contributed by atoms with van der Waals surface area (Å²) in [6, 6.07) is 1.13. The zero-order valence-corrected chi connectivity index (χ0v) is 12.4. The zero-order chi connectivity index (χ0) is 16.4. The number of nitrogens with zero attached hydrogens (tertiary/aromatic N) is 1. The molecule has 8 nitrogen and oxygen atoms in total. The Labute approximate surface area is 120 Å². The molecule has 0 unspecified atom stereocenters. The van der Waals surface area contributed by atoms with Crippen molar-refractivity contribution < 1.29 is 14.7 Å². The van der Waals surface area contributed by atoms with E-state index in [9.17, 15) is 24.3 Å². The Hall–Kier alpha value is -2.38. The van der Waals surface area contributed by atoms with Gasteiger partial charge >= 0.3 is 11.7 Å². The summed E-state index contributed by atoms with van der Waals surface area (Å²) in [6.07, 6.45) is 1.20. The third-order valence-electron chi connectivity index (χ3n) is 3.76. The quantitative estimate of drug-likeness (QED) is 0.679. The molecule has 1 amide bonds. The van der Waals surface area contributed by atoms with Crippen LogP contribution >= 0.6 is 0 Å². The summed E-state index contributed by atoms with van der Waals surface area (Å²) < 4.78 is 1.03. The van der Waals surface area contributed by atoms with Gasteiger partial charge in [-0.05, 0) is 27.7 Å². The predicted octanol–water partition coefficient (Wildman–Crippen LogP) is -0.458. The minimum absolute atomic E-state index is 0.311. The highest BCUT2D eigenvalue weighted by molar-refractivity contribution is 5.80. The van der Waals surface area contributed by atoms with Crippen molar-refractivity contribution in [2.75, 3.05) is 0 Å². The number of carbonyl (C=O) groups is 2. The molecular weight excluding hydrogens is 278 g/mol. The largest absolute Gasteiger partial charge is 0.481 e. The third kappa shape index (κ3) is 3.59. The Morgan fingerprint density at radius 1 is 1.29 bits per heavy atom. The Bertz CT molecular complexity index is 669. The van der Waals surface area contributed by atoms with Crippen LogP contribution in [0.3, 0.4) is 0 Å². The molecule has 0 aromatic carbocycles. The highest BCUT2D eigenvalue weighted by Gasteiger charge is 2.44. The van der Waals surface area contributed by atoms with E-state index in [1.165, 1.54) is 20.0 Å². The van der Waals surface area contributed by atoms with Crippen LogP contribution in [-0.4, -0.2) is 32.1 Å². The minimum Gasteiger partial charge on any atom is -0.481 e. The van der Waals surface area contributed by atoms with Gasteiger partial charge in [0.05, 0.1) is 11.0 Å². The van der Waals surface area contributed by atoms with Crippen molar-refractivity contribution in [3.63, 3.8) is 0 Å². The molecule has 116 valence electrons. The number of hydrogen-bond donors (Lipinski definition) is 3. The van der Waals surface area contributed by atoms with Crippen LogP contribution in [0, 0.1) is 5.41 Å². The van der Waals surface area contributed by atoms with Gasteiger partial charge < -0.3 is 10.4 Å². The molecule has 1 aromatic heterocycles. The first-order valence-corrected chi connectivity index (χ1v) is 6.31. The van der Waals surface area contributed by atoms with E-state index in [0.717, 1.165) is 10.6 Å². The lowest BCUT2D eigenvalue weighted by Gasteiger charge is -2.38. The molecule has 0 bridgehead atoms. The molecule has 0 atom stereocenters. The fourth-order valence-electron chi connectivity index (χ4n) is 1.54. The SMILES string of the molecule is CC(C)(NC(=O)Cn1ccc(=O)[nH]c1=O)C(C)(C)C(=O)O. The fraction of sp³-hybridized carbons (Fsp3) is 0.538. The van der Waals surface area contributed by atoms with Gasteiger partial charge in [0.15, 0.2) is 0 Å². The molecule has 0 saturated heterocycles. The molecule has 0 radical (unpaired) electrons. The Balaban J connectivity index is 2.89. The molecule has 0 saturated carbocycles. The number of aromatic amines is 1. The third-order valence-corrected chi connectivity index (χ3v) is 3.76. The standard InChI is InChI=1S/C13H19N3O5/c1-12(2,10(19)20)13(3,4)15-9(18)7-16-6-5-8(17)14-11(16)21/h5-6H,7H2,1-4H3,(H,15,18)(H,19,20)(H,14,17,21). The molecule has 0 fully saturated rings. The Morgan fingerprint density at radius 2 is 1.86 bits per heavy atom. The summed E-state index contributed by atoms with van der Waals surface area (Å²) in [6.45, 7) is 5.88. The molecular formula is C13H19N3O5. The van der Waals surface area contributed by atoms with E-state index in [0.29, 0.717) is 0 Å². The number of carbonyl (C=O) groups excluding carboxylic acids is 1. The Kier molecular flexibility index (Phi) is 4.40. The molecule has 0 spiro atoms. The van der Waals surface area contributed by atoms with Gasteiger partial charge in [-0.25, -0.2) is 4.79 Å². The van der Waals surface area contributed by atoms with Gasteiger partial charge in [0.25, 0.3) is 5.56 Å². The zero-order valence-electron chi connectivity index (χ0n) is 12.4. The lowest BCUT2D eigenvalue weighted by atomic mass is 9.74. The second-order valence-corrected chi connectivity index (χ2v) is 5.84. The summed E-state index contributed by atoms with van der Waals surface area (Å²) >= 11 is 0. The molecule has 3 N–H and O–H groups in total. The number of rotatable bonds is 5. The number of aromatic nitrogens is 2. The summed E-state index contributed by atoms with van der Waals surface area (Å²) in [5.41, 5.74) is -3.47. The van der Waals surface area contributed by atoms with Gasteiger partial charge in [-0.2, -0.15) is 0 Å². The van der Waals surface area contributed by atoms with Crippen molar-refractivity contribution in [3.05, 3.63) is 33.1 Å². The van der Waals surface area contributed by atoms with Crippen molar-refractivity contribution in [1.29, 1.82) is 0 Å². The summed E-state index contributed by atoms with van der Waals surface area (Å²) in [7, 11) is 0. The smallest absolute Gasteiger partial charge is 0.328 e. The normalized spacial score (nSPS) is 12.0. The first kappa shape index (κ1) is 16.7. The number of carboxylic acid groups (broad SMARTS) is 1. The predicted molar refractivity (Wildman–Crippen MR) is 75.0 cm³/mol. The lowest BCUT2D eigenvalue weighted by molar-refractivity contribution is -0.151. The van der Waals surface area contributed by atoms with Gasteiger partial charge in [0, 0.05) is 12.3 Å². The van der Waals surface area contributed by atoms with E-state index < -0.39 is 34.1 Å². The maximum atomic E-state index is 12.0. The molecule has 8 heteroatoms. The number of aliphatic carboxylic acids is 1. The van der Waals surface area contributed by atoms with Crippen molar-refractivity contribution >= 4 is 11.9 Å². The molecule has 0 aliphatic rings. The first-order chi connectivity index (χ1) is 9.47. The molecule has 0 aliphatic heterocycles. The number of amides is 1. The molecule has 21 heavy (non-hydrogen) atoms. The van der Waals surface area contributed by atoms with Crippen LogP contribution in [0.1, 0.15) is 27.7 Å². The number of nitrogens with one attached hydrogen (secondary N) is 2. The molecule has 1 aromatic rings. The van der Waals surface area contributed by atoms with Gasteiger partial charge in [-0.1, -0.05) is 0 Å². The second-order valence-electron chi connectivity index (χ2n) is 5.84. The maximum absolute atomic E-state index is 12.0. The van der Waals surface area contributed by atoms with E-state index in [-0.39, 0.29) is 6.54 Å². The van der Waals surface area contributed by atoms with Gasteiger partial charge in [-0.3, -0.25) is 23.9 Å². The van der Waals surface area contributed by atoms with Crippen LogP contribution in [0.15, 0.2) is 21.9 Å². The number of H-pyrrole nitrogens is 1. The van der Waals surface area contributed by atoms with Crippen molar-refractivity contribution in [1.82, 2.24) is 14.9 Å². The van der Waals surface area contributed by atoms with Crippen LogP contribution in [0.5, 0.6) is 0 Å². The minimum atomic E-state index is -1.20. The van der Waals surface area contributed by atoms with Gasteiger partial charge in [0.1, 0.15) is 6.54 Å². The topological polar surface area (TPSA) is 121 Å². The van der Waals surface area contributed by atoms with Crippen LogP contribution in [0.25, 0.3) is 0 Å². The first-order valence-electron chi connectivity index (χ1n) is 6.31. The van der Waals surface area contributed by atoms with E-state index in [4.69, 9.17) is 0 Å². The van der Waals surface area contributed by atoms with Crippen LogP contribution in [-0.2, 0) is 16.1 Å². The van der Waals surface area contributed by atoms with Gasteiger partial charge in [-0.15, -0.1) is 0 Å². The molecule has 0 aliphatic carbocycles. The van der Waals surface area contributed by atoms with E-state index in [1.807, 2.05) is 4.98 Å². The lowest BCUT2D eigenvalue weighted by Crippen LogP contribution is -2.57. The average molecular weight is 297 g/mol. The van der Waals surface area contributed by atoms with E-state index >= 15 is 0 Å². The summed E-state index contributed by atoms with van der Waals surface area (Å²) in [4.78, 5) is 47.7. The molecule has 1 heterocycles. The van der Waals surface area contributed by atoms with E-state index in [1.54, 1.807) is 13.8 Å². The molecule has 1 rings (SSSR count). The maximum Gasteiger partial charge on any atom is 0.328 e. The van der Waals surface area contributed by atoms with Crippen LogP contribution in [0.2, 0.25) is 0 Å². The van der Waals surface area contributed by atoms with Crippen LogP contribution < -0.4 is 16.6 Å². The Morgan fingerprint density at radius 3 is 2.33 bits per heavy atom. The number of hydrogen-bond acceptors (Lipinski definition) is 4. The van der Waals surface area contributed by atoms with Crippen LogP contribution in [0.4, 0.5) is 0 Å². The van der Waals surface area contributed by atoms with E-state index in [2.05, 4.69) is 5.32 Å². The highest BCUT2D eigenvalue weighted by Crippen LogP contribution is 2.30. The second kappa shape index (κ2) is 5.55. The monoisotopic (exact) mass is 297 g/mol. The van der Waals surface area contributed by atoms with Crippen molar-refractivity contribution in [3.8, 4) is 0 Å². The highest BCUT2D eigenvalue weighted by atomic mass is 16.4. The van der Waals surface area contributed by atoms with Crippen molar-refractivity contribution in [2.24, 2.45) is 5.41 Å².